The van der Waals surface area contributed by atoms with Crippen LogP contribution in [-0.2, 0) is 0 Å². The first-order valence-electron chi connectivity index (χ1n) is 4.19. The van der Waals surface area contributed by atoms with Crippen LogP contribution in [0.2, 0.25) is 0 Å². The van der Waals surface area contributed by atoms with Crippen LogP contribution in [0.3, 0.4) is 0 Å². The van der Waals surface area contributed by atoms with Crippen molar-refractivity contribution in [1.29, 1.82) is 5.26 Å². The number of nitriles is 1. The summed E-state index contributed by atoms with van der Waals surface area (Å²) >= 11 is 0. The third-order valence-electron chi connectivity index (χ3n) is 2.15. The van der Waals surface area contributed by atoms with Gasteiger partial charge in [0.05, 0.1) is 11.3 Å². The minimum Gasteiger partial charge on any atom is -0.257 e. The molecule has 2 nitrogen and oxygen atoms in total. The maximum atomic E-state index is 8.80. The molecule has 1 aromatic heterocycles. The molecule has 2 heteroatoms. The van der Waals surface area contributed by atoms with Crippen LogP contribution in [0.1, 0.15) is 35.7 Å². The SMILES string of the molecule is Cc1ccc(C#N)c(C2CC2)n1. The van der Waals surface area contributed by atoms with E-state index in [1.54, 1.807) is 0 Å². The van der Waals surface area contributed by atoms with Crippen molar-refractivity contribution in [3.05, 3.63) is 29.1 Å². The second-order valence-corrected chi connectivity index (χ2v) is 3.27. The summed E-state index contributed by atoms with van der Waals surface area (Å²) in [6.45, 7) is 1.97. The maximum Gasteiger partial charge on any atom is 0.101 e. The summed E-state index contributed by atoms with van der Waals surface area (Å²) < 4.78 is 0. The van der Waals surface area contributed by atoms with Gasteiger partial charge in [-0.15, -0.1) is 0 Å². The Balaban J connectivity index is 2.48. The molecule has 0 N–H and O–H groups in total. The molecule has 1 aromatic rings. The molecule has 2 rings (SSSR count). The fourth-order valence-electron chi connectivity index (χ4n) is 1.34. The molecule has 12 heavy (non-hydrogen) atoms. The Morgan fingerprint density at radius 3 is 2.83 bits per heavy atom. The van der Waals surface area contributed by atoms with E-state index in [4.69, 9.17) is 5.26 Å². The van der Waals surface area contributed by atoms with Crippen LogP contribution in [-0.4, -0.2) is 4.98 Å². The second kappa shape index (κ2) is 2.60. The zero-order valence-electron chi connectivity index (χ0n) is 7.04. The van der Waals surface area contributed by atoms with Crippen LogP contribution in [0.4, 0.5) is 0 Å². The summed E-state index contributed by atoms with van der Waals surface area (Å²) in [4.78, 5) is 4.38. The molecule has 0 unspecified atom stereocenters. The number of pyridine rings is 1. The predicted octanol–water partition coefficient (Wildman–Crippen LogP) is 2.14. The first-order valence-corrected chi connectivity index (χ1v) is 4.19. The van der Waals surface area contributed by atoms with Crippen molar-refractivity contribution in [2.75, 3.05) is 0 Å². The number of aryl methyl sites for hydroxylation is 1. The lowest BCUT2D eigenvalue weighted by Crippen LogP contribution is -1.93. The molecule has 0 atom stereocenters. The van der Waals surface area contributed by atoms with Gasteiger partial charge in [0.15, 0.2) is 0 Å². The Morgan fingerprint density at radius 1 is 1.50 bits per heavy atom. The third kappa shape index (κ3) is 1.18. The lowest BCUT2D eigenvalue weighted by Gasteiger charge is -2.00. The van der Waals surface area contributed by atoms with Crippen molar-refractivity contribution >= 4 is 0 Å². The van der Waals surface area contributed by atoms with Crippen LogP contribution < -0.4 is 0 Å². The monoisotopic (exact) mass is 158 g/mol. The minimum atomic E-state index is 0.569. The van der Waals surface area contributed by atoms with E-state index in [0.29, 0.717) is 5.92 Å². The summed E-state index contributed by atoms with van der Waals surface area (Å²) in [7, 11) is 0. The molecule has 0 aromatic carbocycles. The molecule has 60 valence electrons. The predicted molar refractivity (Wildman–Crippen MR) is 45.7 cm³/mol. The van der Waals surface area contributed by atoms with E-state index in [-0.39, 0.29) is 0 Å². The van der Waals surface area contributed by atoms with Gasteiger partial charge >= 0.3 is 0 Å². The fraction of sp³-hybridized carbons (Fsp3) is 0.400. The topological polar surface area (TPSA) is 36.7 Å². The van der Waals surface area contributed by atoms with Gasteiger partial charge in [-0.2, -0.15) is 5.26 Å². The fourth-order valence-corrected chi connectivity index (χ4v) is 1.34. The lowest BCUT2D eigenvalue weighted by molar-refractivity contribution is 0.985. The van der Waals surface area contributed by atoms with Crippen LogP contribution in [0, 0.1) is 18.3 Å². The van der Waals surface area contributed by atoms with Gasteiger partial charge in [0.2, 0.25) is 0 Å². The lowest BCUT2D eigenvalue weighted by atomic mass is 10.1. The normalized spacial score (nSPS) is 15.7. The summed E-state index contributed by atoms with van der Waals surface area (Å²) in [6, 6.07) is 5.95. The Labute approximate surface area is 71.9 Å². The van der Waals surface area contributed by atoms with Crippen molar-refractivity contribution in [1.82, 2.24) is 4.98 Å². The number of rotatable bonds is 1. The highest BCUT2D eigenvalue weighted by Crippen LogP contribution is 2.40. The number of aromatic nitrogens is 1. The first-order chi connectivity index (χ1) is 5.81. The maximum absolute atomic E-state index is 8.80. The molecule has 1 fully saturated rings. The van der Waals surface area contributed by atoms with Crippen LogP contribution in [0.25, 0.3) is 0 Å². The highest BCUT2D eigenvalue weighted by Gasteiger charge is 2.27. The van der Waals surface area contributed by atoms with E-state index in [1.807, 2.05) is 19.1 Å². The standard InChI is InChI=1S/C10H10N2/c1-7-2-3-9(6-11)10(12-7)8-4-5-8/h2-3,8H,4-5H2,1H3. The largest absolute Gasteiger partial charge is 0.257 e. The first kappa shape index (κ1) is 7.30. The van der Waals surface area contributed by atoms with E-state index >= 15 is 0 Å². The van der Waals surface area contributed by atoms with Crippen LogP contribution >= 0.6 is 0 Å². The summed E-state index contributed by atoms with van der Waals surface area (Å²) in [6.07, 6.45) is 2.40. The van der Waals surface area contributed by atoms with Gasteiger partial charge in [0.1, 0.15) is 6.07 Å². The molecule has 0 saturated heterocycles. The molecular weight excluding hydrogens is 148 g/mol. The van der Waals surface area contributed by atoms with Gasteiger partial charge in [-0.05, 0) is 31.9 Å². The Hall–Kier alpha value is -1.36. The van der Waals surface area contributed by atoms with E-state index in [9.17, 15) is 0 Å². The van der Waals surface area contributed by atoms with Crippen molar-refractivity contribution in [2.24, 2.45) is 0 Å². The number of nitrogens with zero attached hydrogens (tertiary/aromatic N) is 2. The van der Waals surface area contributed by atoms with Crippen LogP contribution in [0.15, 0.2) is 12.1 Å². The molecule has 0 bridgehead atoms. The van der Waals surface area contributed by atoms with E-state index in [1.165, 1.54) is 12.8 Å². The number of hydrogen-bond donors (Lipinski definition) is 0. The summed E-state index contributed by atoms with van der Waals surface area (Å²) in [5.41, 5.74) is 2.77. The molecular formula is C10H10N2. The molecule has 0 spiro atoms. The quantitative estimate of drug-likeness (QED) is 0.627. The minimum absolute atomic E-state index is 0.569. The Bertz CT molecular complexity index is 345. The van der Waals surface area contributed by atoms with E-state index in [0.717, 1.165) is 17.0 Å². The van der Waals surface area contributed by atoms with E-state index < -0.39 is 0 Å². The molecule has 0 amide bonds. The zero-order chi connectivity index (χ0) is 8.55. The van der Waals surface area contributed by atoms with Crippen molar-refractivity contribution < 1.29 is 0 Å². The Morgan fingerprint density at radius 2 is 2.25 bits per heavy atom. The van der Waals surface area contributed by atoms with Crippen LogP contribution in [0.5, 0.6) is 0 Å². The van der Waals surface area contributed by atoms with Crippen molar-refractivity contribution in [3.63, 3.8) is 0 Å². The van der Waals surface area contributed by atoms with E-state index in [2.05, 4.69) is 11.1 Å². The summed E-state index contributed by atoms with van der Waals surface area (Å²) in [5.74, 6) is 0.569. The molecule has 0 radical (unpaired) electrons. The summed E-state index contributed by atoms with van der Waals surface area (Å²) in [5, 5.41) is 8.80. The smallest absolute Gasteiger partial charge is 0.101 e. The second-order valence-electron chi connectivity index (χ2n) is 3.27. The average Bonchev–Trinajstić information content (AvgIpc) is 2.87. The Kier molecular flexibility index (Phi) is 1.58. The molecule has 0 aliphatic heterocycles. The molecule has 1 saturated carbocycles. The zero-order valence-corrected chi connectivity index (χ0v) is 7.04. The van der Waals surface area contributed by atoms with Gasteiger partial charge in [-0.3, -0.25) is 4.98 Å². The number of hydrogen-bond acceptors (Lipinski definition) is 2. The van der Waals surface area contributed by atoms with Gasteiger partial charge in [-0.1, -0.05) is 0 Å². The average molecular weight is 158 g/mol. The molecule has 1 aliphatic carbocycles. The highest BCUT2D eigenvalue weighted by atomic mass is 14.7. The molecule has 1 heterocycles. The van der Waals surface area contributed by atoms with Gasteiger partial charge in [0.25, 0.3) is 0 Å². The van der Waals surface area contributed by atoms with Gasteiger partial charge < -0.3 is 0 Å². The van der Waals surface area contributed by atoms with Gasteiger partial charge in [0, 0.05) is 11.6 Å². The van der Waals surface area contributed by atoms with Crippen molar-refractivity contribution in [3.8, 4) is 6.07 Å². The third-order valence-corrected chi connectivity index (χ3v) is 2.15. The highest BCUT2D eigenvalue weighted by molar-refractivity contribution is 5.37. The van der Waals surface area contributed by atoms with Gasteiger partial charge in [-0.25, -0.2) is 0 Å². The molecule has 1 aliphatic rings. The van der Waals surface area contributed by atoms with Crippen molar-refractivity contribution in [2.45, 2.75) is 25.7 Å².